The van der Waals surface area contributed by atoms with E-state index in [1.165, 1.54) is 36.4 Å². The van der Waals surface area contributed by atoms with Crippen LogP contribution in [0.4, 0.5) is 8.78 Å². The van der Waals surface area contributed by atoms with Crippen LogP contribution >= 0.6 is 0 Å². The number of carboxylic acid groups (broad SMARTS) is 1. The minimum absolute atomic E-state index is 0.0441. The van der Waals surface area contributed by atoms with E-state index in [2.05, 4.69) is 21.3 Å². The topological polar surface area (TPSA) is 183 Å². The Morgan fingerprint density at radius 2 is 1.33 bits per heavy atom. The van der Waals surface area contributed by atoms with Crippen molar-refractivity contribution in [1.29, 1.82) is 0 Å². The first-order chi connectivity index (χ1) is 25.7. The highest BCUT2D eigenvalue weighted by molar-refractivity contribution is 6.00. The van der Waals surface area contributed by atoms with Gasteiger partial charge in [-0.25, -0.2) is 13.6 Å². The Bertz CT molecular complexity index is 1920. The molecule has 284 valence electrons. The van der Waals surface area contributed by atoms with Crippen molar-refractivity contribution in [2.75, 3.05) is 6.61 Å². The number of rotatable bonds is 17. The lowest BCUT2D eigenvalue weighted by molar-refractivity contribution is -0.131. The Labute approximate surface area is 310 Å². The number of aliphatic hydroxyl groups excluding tert-OH is 1. The molecule has 0 unspecified atom stereocenters. The van der Waals surface area contributed by atoms with Gasteiger partial charge in [0.15, 0.2) is 0 Å². The van der Waals surface area contributed by atoms with Crippen LogP contribution in [-0.4, -0.2) is 64.6 Å². The predicted molar refractivity (Wildman–Crippen MR) is 195 cm³/mol. The number of halogens is 2. The number of carbonyl (C=O) groups excluding carboxylic acids is 4. The van der Waals surface area contributed by atoms with Gasteiger partial charge in [-0.05, 0) is 54.3 Å². The summed E-state index contributed by atoms with van der Waals surface area (Å²) in [6, 6.07) is 20.8. The van der Waals surface area contributed by atoms with Gasteiger partial charge in [-0.3, -0.25) is 19.2 Å². The molecule has 4 aromatic rings. The Balaban J connectivity index is 1.44. The second-order valence-corrected chi connectivity index (χ2v) is 13.0. The van der Waals surface area contributed by atoms with Crippen LogP contribution in [0.1, 0.15) is 75.4 Å². The summed E-state index contributed by atoms with van der Waals surface area (Å²) in [6.07, 6.45) is -2.23. The monoisotopic (exact) mass is 744 g/mol. The molecule has 0 aliphatic heterocycles. The standard InChI is InChI=1S/C40H42F2N4O8/c1-23(2)36(39(51)43-21-25-12-14-27(15-13-25)40(52)53)46-35(48)20-34(47)33(22-54-32-18-30(41)17-31(42)19-32)45-38(50)29-11-7-10-28(16-29)37(49)44-24(3)26-8-5-4-6-9-26/h4-19,23-24,33-34,36,47H,20-22H2,1-3H3,(H,43,51)(H,44,49)(H,45,50)(H,46,48)(H,52,53)/t24-,33+,34+,36+/m1/s1. The molecule has 4 atom stereocenters. The highest BCUT2D eigenvalue weighted by Gasteiger charge is 2.29. The summed E-state index contributed by atoms with van der Waals surface area (Å²) >= 11 is 0. The second kappa shape index (κ2) is 19.1. The fraction of sp³-hybridized carbons (Fsp3) is 0.275. The fourth-order valence-corrected chi connectivity index (χ4v) is 5.37. The second-order valence-electron chi connectivity index (χ2n) is 13.0. The SMILES string of the molecule is CC(C)[C@H](NC(=O)C[C@H](O)[C@H](COc1cc(F)cc(F)c1)NC(=O)c1cccc(C(=O)N[C@H](C)c2ccccc2)c1)C(=O)NCc1ccc(C(=O)O)cc1. The zero-order valence-electron chi connectivity index (χ0n) is 29.8. The Morgan fingerprint density at radius 1 is 0.722 bits per heavy atom. The highest BCUT2D eigenvalue weighted by Crippen LogP contribution is 2.18. The number of hydrogen-bond donors (Lipinski definition) is 6. The molecule has 0 saturated heterocycles. The van der Waals surface area contributed by atoms with Crippen molar-refractivity contribution >= 4 is 29.6 Å². The van der Waals surface area contributed by atoms with Crippen LogP contribution in [0, 0.1) is 17.6 Å². The largest absolute Gasteiger partial charge is 0.491 e. The summed E-state index contributed by atoms with van der Waals surface area (Å²) in [5.74, 6) is -6.00. The molecule has 0 heterocycles. The molecule has 0 bridgehead atoms. The van der Waals surface area contributed by atoms with Crippen LogP contribution < -0.4 is 26.0 Å². The number of aromatic carboxylic acids is 1. The zero-order valence-corrected chi connectivity index (χ0v) is 29.8. The molecule has 4 aromatic carbocycles. The molecule has 6 N–H and O–H groups in total. The molecule has 4 amide bonds. The van der Waals surface area contributed by atoms with E-state index in [0.717, 1.165) is 17.7 Å². The Hall–Kier alpha value is -6.15. The van der Waals surface area contributed by atoms with Gasteiger partial charge < -0.3 is 36.2 Å². The van der Waals surface area contributed by atoms with Gasteiger partial charge in [-0.1, -0.05) is 62.4 Å². The third kappa shape index (κ3) is 12.0. The summed E-state index contributed by atoms with van der Waals surface area (Å²) in [5, 5.41) is 31.1. The van der Waals surface area contributed by atoms with E-state index in [9.17, 15) is 37.9 Å². The number of nitrogens with one attached hydrogen (secondary N) is 4. The van der Waals surface area contributed by atoms with Gasteiger partial charge in [0.05, 0.1) is 30.2 Å². The van der Waals surface area contributed by atoms with E-state index in [1.807, 2.05) is 37.3 Å². The molecule has 0 aliphatic carbocycles. The van der Waals surface area contributed by atoms with Crippen molar-refractivity contribution in [1.82, 2.24) is 21.3 Å². The number of benzene rings is 4. The van der Waals surface area contributed by atoms with Crippen LogP contribution in [0.25, 0.3) is 0 Å². The summed E-state index contributed by atoms with van der Waals surface area (Å²) in [4.78, 5) is 63.9. The average Bonchev–Trinajstić information content (AvgIpc) is 3.14. The van der Waals surface area contributed by atoms with Gasteiger partial charge >= 0.3 is 5.97 Å². The Kier molecular flexibility index (Phi) is 14.4. The molecule has 0 radical (unpaired) electrons. The number of carbonyl (C=O) groups is 5. The Morgan fingerprint density at radius 3 is 1.93 bits per heavy atom. The maximum atomic E-state index is 13.9. The number of hydrogen-bond acceptors (Lipinski definition) is 7. The van der Waals surface area contributed by atoms with Crippen LogP contribution in [0.15, 0.2) is 97.1 Å². The minimum Gasteiger partial charge on any atom is -0.491 e. The third-order valence-corrected chi connectivity index (χ3v) is 8.41. The fourth-order valence-electron chi connectivity index (χ4n) is 5.37. The average molecular weight is 745 g/mol. The van der Waals surface area contributed by atoms with Crippen molar-refractivity contribution in [3.63, 3.8) is 0 Å². The molecular weight excluding hydrogens is 702 g/mol. The van der Waals surface area contributed by atoms with E-state index >= 15 is 0 Å². The summed E-state index contributed by atoms with van der Waals surface area (Å²) in [6.45, 7) is 4.76. The van der Waals surface area contributed by atoms with Crippen molar-refractivity contribution in [2.24, 2.45) is 5.92 Å². The zero-order chi connectivity index (χ0) is 39.4. The number of carboxylic acids is 1. The van der Waals surface area contributed by atoms with E-state index in [0.29, 0.717) is 11.6 Å². The summed E-state index contributed by atoms with van der Waals surface area (Å²) < 4.78 is 33.2. The molecule has 0 aromatic heterocycles. The first-order valence-corrected chi connectivity index (χ1v) is 17.1. The van der Waals surface area contributed by atoms with E-state index in [1.54, 1.807) is 26.0 Å². The normalized spacial score (nSPS) is 13.2. The van der Waals surface area contributed by atoms with Crippen molar-refractivity contribution in [3.05, 3.63) is 137 Å². The van der Waals surface area contributed by atoms with Crippen LogP contribution in [0.3, 0.4) is 0 Å². The van der Waals surface area contributed by atoms with E-state index < -0.39 is 72.4 Å². The van der Waals surface area contributed by atoms with Gasteiger partial charge in [0.2, 0.25) is 11.8 Å². The third-order valence-electron chi connectivity index (χ3n) is 8.41. The van der Waals surface area contributed by atoms with Gasteiger partial charge in [-0.15, -0.1) is 0 Å². The summed E-state index contributed by atoms with van der Waals surface area (Å²) in [7, 11) is 0. The molecule has 14 heteroatoms. The molecular formula is C40H42F2N4O8. The van der Waals surface area contributed by atoms with Crippen molar-refractivity contribution in [3.8, 4) is 5.75 Å². The molecule has 4 rings (SSSR count). The molecule has 0 spiro atoms. The van der Waals surface area contributed by atoms with Gasteiger partial charge in [0.1, 0.15) is 30.0 Å². The minimum atomic E-state index is -1.62. The van der Waals surface area contributed by atoms with Gasteiger partial charge in [0, 0.05) is 35.9 Å². The lowest BCUT2D eigenvalue weighted by Crippen LogP contribution is -2.52. The van der Waals surface area contributed by atoms with Gasteiger partial charge in [-0.2, -0.15) is 0 Å². The number of ether oxygens (including phenoxy) is 1. The van der Waals surface area contributed by atoms with Gasteiger partial charge in [0.25, 0.3) is 11.8 Å². The van der Waals surface area contributed by atoms with Crippen LogP contribution in [0.5, 0.6) is 5.75 Å². The molecule has 0 saturated carbocycles. The maximum absolute atomic E-state index is 13.9. The first-order valence-electron chi connectivity index (χ1n) is 17.1. The van der Waals surface area contributed by atoms with E-state index in [4.69, 9.17) is 9.84 Å². The lowest BCUT2D eigenvalue weighted by atomic mass is 10.0. The van der Waals surface area contributed by atoms with Crippen LogP contribution in [0.2, 0.25) is 0 Å². The van der Waals surface area contributed by atoms with E-state index in [-0.39, 0.29) is 40.9 Å². The van der Waals surface area contributed by atoms with Crippen LogP contribution in [-0.2, 0) is 16.1 Å². The van der Waals surface area contributed by atoms with Crippen molar-refractivity contribution in [2.45, 2.75) is 58.0 Å². The summed E-state index contributed by atoms with van der Waals surface area (Å²) in [5.41, 5.74) is 1.82. The lowest BCUT2D eigenvalue weighted by Gasteiger charge is -2.26. The number of amides is 4. The molecule has 0 aliphatic rings. The quantitative estimate of drug-likeness (QED) is 0.0911. The van der Waals surface area contributed by atoms with Crippen molar-refractivity contribution < 1.29 is 47.7 Å². The smallest absolute Gasteiger partial charge is 0.335 e. The molecule has 0 fully saturated rings. The predicted octanol–water partition coefficient (Wildman–Crippen LogP) is 4.54. The number of aliphatic hydroxyl groups is 1. The first kappa shape index (κ1) is 40.6. The molecule has 54 heavy (non-hydrogen) atoms. The molecule has 12 nitrogen and oxygen atoms in total. The highest BCUT2D eigenvalue weighted by atomic mass is 19.1. The maximum Gasteiger partial charge on any atom is 0.335 e.